The molecule has 0 heterocycles. The lowest BCUT2D eigenvalue weighted by Gasteiger charge is -2.15. The van der Waals surface area contributed by atoms with Gasteiger partial charge in [0.2, 0.25) is 0 Å². The number of para-hydroxylation sites is 1. The number of hydrogen-bond acceptors (Lipinski definition) is 3. The molecule has 0 amide bonds. The second-order valence-electron chi connectivity index (χ2n) is 10.5. The highest BCUT2D eigenvalue weighted by Gasteiger charge is 2.18. The van der Waals surface area contributed by atoms with Crippen LogP contribution in [0.1, 0.15) is 112 Å². The first-order valence-electron chi connectivity index (χ1n) is 15.0. The molecule has 0 radical (unpaired) electrons. The lowest BCUT2D eigenvalue weighted by atomic mass is 10.0. The second-order valence-corrected chi connectivity index (χ2v) is 10.5. The molecule has 0 bridgehead atoms. The summed E-state index contributed by atoms with van der Waals surface area (Å²) in [5.41, 5.74) is 2.50. The summed E-state index contributed by atoms with van der Waals surface area (Å²) in [5, 5.41) is 9.88. The molecule has 3 aromatic rings. The Kier molecular flexibility index (Phi) is 13.5. The Labute approximate surface area is 235 Å². The Morgan fingerprint density at radius 3 is 1.64 bits per heavy atom. The van der Waals surface area contributed by atoms with E-state index in [1.165, 1.54) is 75.3 Å². The van der Waals surface area contributed by atoms with Crippen LogP contribution in [-0.4, -0.2) is 11.1 Å². The fourth-order valence-corrected chi connectivity index (χ4v) is 4.86. The number of rotatable bonds is 19. The van der Waals surface area contributed by atoms with E-state index in [0.717, 1.165) is 25.7 Å². The van der Waals surface area contributed by atoms with E-state index >= 15 is 0 Å². The minimum absolute atomic E-state index is 0.0806. The molecule has 0 atom stereocenters. The van der Waals surface area contributed by atoms with Gasteiger partial charge in [0.1, 0.15) is 17.1 Å². The summed E-state index contributed by atoms with van der Waals surface area (Å²) in [6.07, 6.45) is 17.1. The molecule has 3 rings (SSSR count). The fraction of sp³-hybridized carbons (Fsp3) is 0.457. The minimum atomic E-state index is -1.05. The quantitative estimate of drug-likeness (QED) is 0.157. The molecule has 210 valence electrons. The van der Waals surface area contributed by atoms with E-state index < -0.39 is 5.97 Å². The summed E-state index contributed by atoms with van der Waals surface area (Å²) in [6.45, 7) is 4.47. The first kappa shape index (κ1) is 30.3. The maximum absolute atomic E-state index is 12.1. The lowest BCUT2D eigenvalue weighted by molar-refractivity contribution is 0.0693. The second kappa shape index (κ2) is 17.3. The third-order valence-electron chi connectivity index (χ3n) is 7.09. The van der Waals surface area contributed by atoms with E-state index in [2.05, 4.69) is 26.0 Å². The predicted molar refractivity (Wildman–Crippen MR) is 161 cm³/mol. The van der Waals surface area contributed by atoms with Crippen molar-refractivity contribution in [1.82, 2.24) is 0 Å². The van der Waals surface area contributed by atoms with Crippen molar-refractivity contribution in [2.75, 3.05) is 0 Å². The highest BCUT2D eigenvalue weighted by Crippen LogP contribution is 2.38. The van der Waals surface area contributed by atoms with Crippen molar-refractivity contribution < 1.29 is 19.4 Å². The van der Waals surface area contributed by atoms with Crippen LogP contribution in [0.2, 0.25) is 0 Å². The molecule has 0 aliphatic rings. The maximum atomic E-state index is 12.1. The standard InChI is InChI=1S/C35H46O4/c1-3-5-7-9-11-13-18-28-20-15-22-30(26-28)38-33-25-17-24-32(35(36)37)34(33)39-31-23-16-21-29(27-31)19-14-12-10-8-6-4-2/h15-17,20-27H,3-14,18-19H2,1-2H3,(H,36,37). The molecular formula is C35H46O4. The fourth-order valence-electron chi connectivity index (χ4n) is 4.86. The van der Waals surface area contributed by atoms with Gasteiger partial charge >= 0.3 is 5.97 Å². The van der Waals surface area contributed by atoms with Gasteiger partial charge in [-0.25, -0.2) is 4.79 Å². The number of carbonyl (C=O) groups is 1. The van der Waals surface area contributed by atoms with Gasteiger partial charge < -0.3 is 14.6 Å². The number of carboxylic acid groups (broad SMARTS) is 1. The minimum Gasteiger partial charge on any atom is -0.478 e. The number of benzene rings is 3. The summed E-state index contributed by atoms with van der Waals surface area (Å²) in [5.74, 6) is 0.878. The van der Waals surface area contributed by atoms with Crippen molar-refractivity contribution in [2.45, 2.75) is 104 Å². The highest BCUT2D eigenvalue weighted by atomic mass is 16.5. The van der Waals surface area contributed by atoms with Crippen molar-refractivity contribution >= 4 is 5.97 Å². The molecule has 0 aliphatic carbocycles. The lowest BCUT2D eigenvalue weighted by Crippen LogP contribution is -2.02. The van der Waals surface area contributed by atoms with Gasteiger partial charge in [0.15, 0.2) is 11.5 Å². The zero-order chi connectivity index (χ0) is 27.7. The topological polar surface area (TPSA) is 55.8 Å². The van der Waals surface area contributed by atoms with Crippen molar-refractivity contribution in [3.63, 3.8) is 0 Å². The van der Waals surface area contributed by atoms with E-state index in [9.17, 15) is 9.90 Å². The average molecular weight is 531 g/mol. The normalized spacial score (nSPS) is 10.9. The molecule has 4 nitrogen and oxygen atoms in total. The number of ether oxygens (including phenoxy) is 2. The first-order chi connectivity index (χ1) is 19.1. The third-order valence-corrected chi connectivity index (χ3v) is 7.09. The molecule has 0 aliphatic heterocycles. The number of unbranched alkanes of at least 4 members (excludes halogenated alkanes) is 10. The summed E-state index contributed by atoms with van der Waals surface area (Å²) in [6, 6.07) is 21.0. The van der Waals surface area contributed by atoms with Crippen molar-refractivity contribution in [2.24, 2.45) is 0 Å². The van der Waals surface area contributed by atoms with Gasteiger partial charge in [-0.05, 0) is 73.2 Å². The Bertz CT molecular complexity index is 1140. The van der Waals surface area contributed by atoms with E-state index in [1.807, 2.05) is 36.4 Å². The van der Waals surface area contributed by atoms with Gasteiger partial charge in [0, 0.05) is 0 Å². The molecule has 0 aromatic heterocycles. The molecule has 0 unspecified atom stereocenters. The number of aryl methyl sites for hydroxylation is 2. The Morgan fingerprint density at radius 2 is 1.10 bits per heavy atom. The van der Waals surface area contributed by atoms with Gasteiger partial charge in [-0.3, -0.25) is 0 Å². The van der Waals surface area contributed by atoms with Crippen LogP contribution < -0.4 is 9.47 Å². The van der Waals surface area contributed by atoms with Crippen LogP contribution in [0.15, 0.2) is 66.7 Å². The molecule has 3 aromatic carbocycles. The van der Waals surface area contributed by atoms with Crippen LogP contribution in [0.5, 0.6) is 23.0 Å². The van der Waals surface area contributed by atoms with E-state index in [0.29, 0.717) is 17.2 Å². The molecule has 0 saturated heterocycles. The smallest absolute Gasteiger partial charge is 0.339 e. The van der Waals surface area contributed by atoms with E-state index in [-0.39, 0.29) is 11.3 Å². The Hall–Kier alpha value is -3.27. The van der Waals surface area contributed by atoms with Crippen LogP contribution in [0.3, 0.4) is 0 Å². The zero-order valence-electron chi connectivity index (χ0n) is 23.9. The first-order valence-corrected chi connectivity index (χ1v) is 15.0. The zero-order valence-corrected chi connectivity index (χ0v) is 23.9. The predicted octanol–water partition coefficient (Wildman–Crippen LogP) is 10.8. The molecule has 0 spiro atoms. The number of hydrogen-bond donors (Lipinski definition) is 1. The van der Waals surface area contributed by atoms with E-state index in [4.69, 9.17) is 9.47 Å². The van der Waals surface area contributed by atoms with E-state index in [1.54, 1.807) is 18.2 Å². The Morgan fingerprint density at radius 1 is 0.615 bits per heavy atom. The van der Waals surface area contributed by atoms with Crippen molar-refractivity contribution in [1.29, 1.82) is 0 Å². The maximum Gasteiger partial charge on any atom is 0.339 e. The van der Waals surface area contributed by atoms with Crippen LogP contribution >= 0.6 is 0 Å². The van der Waals surface area contributed by atoms with Crippen LogP contribution in [0.4, 0.5) is 0 Å². The van der Waals surface area contributed by atoms with Crippen molar-refractivity contribution in [3.8, 4) is 23.0 Å². The largest absolute Gasteiger partial charge is 0.478 e. The third kappa shape index (κ3) is 10.8. The summed E-state index contributed by atoms with van der Waals surface area (Å²) < 4.78 is 12.4. The monoisotopic (exact) mass is 530 g/mol. The number of aromatic carboxylic acids is 1. The SMILES string of the molecule is CCCCCCCCc1cccc(Oc2cccc(C(=O)O)c2Oc2cccc(CCCCCCCC)c2)c1. The van der Waals surface area contributed by atoms with Crippen LogP contribution in [0, 0.1) is 0 Å². The van der Waals surface area contributed by atoms with Crippen molar-refractivity contribution in [3.05, 3.63) is 83.4 Å². The van der Waals surface area contributed by atoms with Gasteiger partial charge in [0.05, 0.1) is 0 Å². The molecule has 1 N–H and O–H groups in total. The van der Waals surface area contributed by atoms with Gasteiger partial charge in [-0.2, -0.15) is 0 Å². The van der Waals surface area contributed by atoms with Gasteiger partial charge in [-0.1, -0.05) is 108 Å². The summed E-state index contributed by atoms with van der Waals surface area (Å²) in [4.78, 5) is 12.1. The molecule has 39 heavy (non-hydrogen) atoms. The van der Waals surface area contributed by atoms with Gasteiger partial charge in [-0.15, -0.1) is 0 Å². The molecular weight excluding hydrogens is 484 g/mol. The Balaban J connectivity index is 1.68. The molecule has 0 fully saturated rings. The molecule has 4 heteroatoms. The summed E-state index contributed by atoms with van der Waals surface area (Å²) in [7, 11) is 0. The average Bonchev–Trinajstić information content (AvgIpc) is 2.94. The van der Waals surface area contributed by atoms with Crippen LogP contribution in [-0.2, 0) is 12.8 Å². The van der Waals surface area contributed by atoms with Crippen LogP contribution in [0.25, 0.3) is 0 Å². The number of carboxylic acids is 1. The summed E-state index contributed by atoms with van der Waals surface area (Å²) >= 11 is 0. The van der Waals surface area contributed by atoms with Gasteiger partial charge in [0.25, 0.3) is 0 Å². The highest BCUT2D eigenvalue weighted by molar-refractivity contribution is 5.92. The molecule has 0 saturated carbocycles.